The van der Waals surface area contributed by atoms with Crippen LogP contribution >= 0.6 is 11.3 Å². The van der Waals surface area contributed by atoms with Crippen molar-refractivity contribution < 1.29 is 22.7 Å². The van der Waals surface area contributed by atoms with E-state index in [-0.39, 0.29) is 35.1 Å². The molecule has 1 aromatic carbocycles. The van der Waals surface area contributed by atoms with Crippen molar-refractivity contribution in [1.82, 2.24) is 9.62 Å². The highest BCUT2D eigenvalue weighted by Crippen LogP contribution is 2.34. The smallest absolute Gasteiger partial charge is 0.338 e. The van der Waals surface area contributed by atoms with E-state index in [4.69, 9.17) is 4.74 Å². The van der Waals surface area contributed by atoms with Crippen LogP contribution in [0.4, 0.5) is 0 Å². The van der Waals surface area contributed by atoms with Gasteiger partial charge in [0.1, 0.15) is 0 Å². The molecule has 1 fully saturated rings. The van der Waals surface area contributed by atoms with E-state index in [1.807, 2.05) is 17.5 Å². The summed E-state index contributed by atoms with van der Waals surface area (Å²) in [4.78, 5) is 27.8. The van der Waals surface area contributed by atoms with Crippen molar-refractivity contribution in [2.75, 3.05) is 13.2 Å². The highest BCUT2D eigenvalue weighted by Gasteiger charge is 2.31. The van der Waals surface area contributed by atoms with Crippen molar-refractivity contribution in [3.8, 4) is 0 Å². The average Bonchev–Trinajstić information content (AvgIpc) is 3.36. The van der Waals surface area contributed by atoms with Gasteiger partial charge in [-0.05, 0) is 62.4 Å². The molecule has 1 saturated heterocycles. The molecule has 1 atom stereocenters. The molecule has 0 aliphatic carbocycles. The van der Waals surface area contributed by atoms with Gasteiger partial charge in [0.05, 0.1) is 16.5 Å². The lowest BCUT2D eigenvalue weighted by Crippen LogP contribution is -2.34. The quantitative estimate of drug-likeness (QED) is 0.674. The number of nitrogens with zero attached hydrogens (tertiary/aromatic N) is 1. The van der Waals surface area contributed by atoms with Crippen LogP contribution in [0, 0.1) is 0 Å². The third-order valence-electron chi connectivity index (χ3n) is 4.56. The number of hydrogen-bond acceptors (Lipinski definition) is 6. The van der Waals surface area contributed by atoms with Crippen molar-refractivity contribution >= 4 is 33.2 Å². The maximum absolute atomic E-state index is 12.5. The average molecular weight is 437 g/mol. The third-order valence-corrected chi connectivity index (χ3v) is 7.21. The van der Waals surface area contributed by atoms with E-state index in [0.29, 0.717) is 6.54 Å². The molecule has 1 aliphatic heterocycles. The SMILES string of the molecule is CC(C)NS(=O)(=O)c1ccc(C(=O)OCC(=O)N2CCCC2c2cccs2)cc1. The number of likely N-dealkylation sites (tertiary alicyclic amines) is 1. The number of carbonyl (C=O) groups is 2. The Labute approximate surface area is 174 Å². The molecule has 2 aromatic rings. The van der Waals surface area contributed by atoms with Gasteiger partial charge in [-0.1, -0.05) is 6.07 Å². The lowest BCUT2D eigenvalue weighted by Gasteiger charge is -2.23. The molecule has 0 saturated carbocycles. The maximum Gasteiger partial charge on any atom is 0.338 e. The van der Waals surface area contributed by atoms with Gasteiger partial charge in [-0.3, -0.25) is 4.79 Å². The fourth-order valence-electron chi connectivity index (χ4n) is 3.28. The van der Waals surface area contributed by atoms with Gasteiger partial charge in [0, 0.05) is 17.5 Å². The monoisotopic (exact) mass is 436 g/mol. The second-order valence-electron chi connectivity index (χ2n) is 7.14. The number of amides is 1. The van der Waals surface area contributed by atoms with Gasteiger partial charge in [0.15, 0.2) is 6.61 Å². The van der Waals surface area contributed by atoms with Crippen molar-refractivity contribution in [3.05, 3.63) is 52.2 Å². The zero-order valence-corrected chi connectivity index (χ0v) is 18.0. The summed E-state index contributed by atoms with van der Waals surface area (Å²) < 4.78 is 31.9. The third kappa shape index (κ3) is 5.23. The van der Waals surface area contributed by atoms with Crippen molar-refractivity contribution in [1.29, 1.82) is 0 Å². The van der Waals surface area contributed by atoms with Crippen LogP contribution in [0.15, 0.2) is 46.7 Å². The van der Waals surface area contributed by atoms with Crippen molar-refractivity contribution in [2.45, 2.75) is 43.7 Å². The number of ether oxygens (including phenoxy) is 1. The van der Waals surface area contributed by atoms with Crippen LogP contribution in [0.1, 0.15) is 48.0 Å². The molecular formula is C20H24N2O5S2. The molecule has 1 aromatic heterocycles. The standard InChI is InChI=1S/C20H24N2O5S2/c1-14(2)21-29(25,26)16-9-7-15(8-10-16)20(24)27-13-19(23)22-11-3-5-17(22)18-6-4-12-28-18/h4,6-10,12,14,17,21H,3,5,11,13H2,1-2H3. The topological polar surface area (TPSA) is 92.8 Å². The first kappa shape index (κ1) is 21.5. The first-order chi connectivity index (χ1) is 13.8. The number of thiophene rings is 1. The van der Waals surface area contributed by atoms with Crippen LogP contribution in [0.25, 0.3) is 0 Å². The molecule has 1 N–H and O–H groups in total. The van der Waals surface area contributed by atoms with Crippen LogP contribution < -0.4 is 4.72 Å². The Morgan fingerprint density at radius 3 is 2.59 bits per heavy atom. The summed E-state index contributed by atoms with van der Waals surface area (Å²) in [5.41, 5.74) is 0.192. The number of rotatable bonds is 7. The minimum Gasteiger partial charge on any atom is -0.452 e. The molecule has 2 heterocycles. The first-order valence-corrected chi connectivity index (χ1v) is 11.8. The first-order valence-electron chi connectivity index (χ1n) is 9.40. The summed E-state index contributed by atoms with van der Waals surface area (Å²) in [7, 11) is -3.63. The van der Waals surface area contributed by atoms with Crippen LogP contribution in [0.2, 0.25) is 0 Å². The van der Waals surface area contributed by atoms with Gasteiger partial charge in [-0.15, -0.1) is 11.3 Å². The zero-order chi connectivity index (χ0) is 21.0. The fraction of sp³-hybridized carbons (Fsp3) is 0.400. The predicted molar refractivity (Wildman–Crippen MR) is 110 cm³/mol. The highest BCUT2D eigenvalue weighted by atomic mass is 32.2. The van der Waals surface area contributed by atoms with Crippen LogP contribution in [-0.4, -0.2) is 44.4 Å². The van der Waals surface area contributed by atoms with E-state index >= 15 is 0 Å². The molecule has 9 heteroatoms. The Hall–Kier alpha value is -2.23. The van der Waals surface area contributed by atoms with Gasteiger partial charge >= 0.3 is 5.97 Å². The Balaban J connectivity index is 1.58. The van der Waals surface area contributed by atoms with E-state index in [0.717, 1.165) is 17.7 Å². The molecule has 0 spiro atoms. The molecule has 0 bridgehead atoms. The molecule has 156 valence electrons. The van der Waals surface area contributed by atoms with Crippen LogP contribution in [0.5, 0.6) is 0 Å². The minimum absolute atomic E-state index is 0.0409. The summed E-state index contributed by atoms with van der Waals surface area (Å²) in [6.45, 7) is 3.76. The lowest BCUT2D eigenvalue weighted by molar-refractivity contribution is -0.135. The van der Waals surface area contributed by atoms with E-state index in [2.05, 4.69) is 4.72 Å². The summed E-state index contributed by atoms with van der Waals surface area (Å²) in [6, 6.07) is 9.22. The molecule has 1 unspecified atom stereocenters. The highest BCUT2D eigenvalue weighted by molar-refractivity contribution is 7.89. The second-order valence-corrected chi connectivity index (χ2v) is 9.83. The van der Waals surface area contributed by atoms with Gasteiger partial charge in [-0.2, -0.15) is 0 Å². The van der Waals surface area contributed by atoms with Gasteiger partial charge < -0.3 is 9.64 Å². The summed E-state index contributed by atoms with van der Waals surface area (Å²) in [6.07, 6.45) is 1.82. The Kier molecular flexibility index (Phi) is 6.71. The van der Waals surface area contributed by atoms with Gasteiger partial charge in [0.25, 0.3) is 5.91 Å². The number of nitrogens with one attached hydrogen (secondary N) is 1. The van der Waals surface area contributed by atoms with Gasteiger partial charge in [0.2, 0.25) is 10.0 Å². The normalized spacial score (nSPS) is 16.9. The predicted octanol–water partition coefficient (Wildman–Crippen LogP) is 2.96. The van der Waals surface area contributed by atoms with E-state index in [1.54, 1.807) is 30.1 Å². The Morgan fingerprint density at radius 1 is 1.24 bits per heavy atom. The maximum atomic E-state index is 12.5. The second kappa shape index (κ2) is 9.06. The van der Waals surface area contributed by atoms with Crippen molar-refractivity contribution in [3.63, 3.8) is 0 Å². The molecule has 1 aliphatic rings. The number of hydrogen-bond donors (Lipinski definition) is 1. The lowest BCUT2D eigenvalue weighted by atomic mass is 10.2. The summed E-state index contributed by atoms with van der Waals surface area (Å²) in [5, 5.41) is 1.98. The fourth-order valence-corrected chi connectivity index (χ4v) is 5.41. The number of esters is 1. The van der Waals surface area contributed by atoms with Crippen molar-refractivity contribution in [2.24, 2.45) is 0 Å². The summed E-state index contributed by atoms with van der Waals surface area (Å²) in [5.74, 6) is -0.888. The molecule has 7 nitrogen and oxygen atoms in total. The molecule has 29 heavy (non-hydrogen) atoms. The van der Waals surface area contributed by atoms with E-state index in [1.165, 1.54) is 24.3 Å². The Morgan fingerprint density at radius 2 is 1.97 bits per heavy atom. The Bertz CT molecular complexity index is 953. The van der Waals surface area contributed by atoms with E-state index < -0.39 is 16.0 Å². The molecular weight excluding hydrogens is 412 g/mol. The molecule has 3 rings (SSSR count). The number of carbonyl (C=O) groups excluding carboxylic acids is 2. The van der Waals surface area contributed by atoms with Crippen LogP contribution in [-0.2, 0) is 19.6 Å². The number of benzene rings is 1. The largest absolute Gasteiger partial charge is 0.452 e. The van der Waals surface area contributed by atoms with Gasteiger partial charge in [-0.25, -0.2) is 17.9 Å². The zero-order valence-electron chi connectivity index (χ0n) is 16.3. The van der Waals surface area contributed by atoms with E-state index in [9.17, 15) is 18.0 Å². The molecule has 1 amide bonds. The minimum atomic E-state index is -3.63. The number of sulfonamides is 1. The van der Waals surface area contributed by atoms with Crippen LogP contribution in [0.3, 0.4) is 0 Å². The molecule has 0 radical (unpaired) electrons. The summed E-state index contributed by atoms with van der Waals surface area (Å²) >= 11 is 1.61.